The van der Waals surface area contributed by atoms with Crippen molar-refractivity contribution in [3.63, 3.8) is 0 Å². The second-order valence-electron chi connectivity index (χ2n) is 8.00. The summed E-state index contributed by atoms with van der Waals surface area (Å²) in [6, 6.07) is 0. The topological polar surface area (TPSA) is 27.7 Å². The van der Waals surface area contributed by atoms with Gasteiger partial charge in [0.15, 0.2) is 6.29 Å². The van der Waals surface area contributed by atoms with E-state index in [1.807, 2.05) is 0 Å². The third-order valence-corrected chi connectivity index (χ3v) is 7.36. The van der Waals surface area contributed by atoms with E-state index in [9.17, 15) is 0 Å². The van der Waals surface area contributed by atoms with Gasteiger partial charge in [-0.05, 0) is 32.6 Å². The van der Waals surface area contributed by atoms with Crippen molar-refractivity contribution in [3.8, 4) is 0 Å². The van der Waals surface area contributed by atoms with Crippen molar-refractivity contribution in [1.82, 2.24) is 0 Å². The maximum Gasteiger partial charge on any atom is 0.157 e. The molecule has 0 aromatic rings. The maximum absolute atomic E-state index is 5.93. The Balaban J connectivity index is 2.26. The molecule has 20 heavy (non-hydrogen) atoms. The summed E-state index contributed by atoms with van der Waals surface area (Å²) in [7, 11) is 0.649. The van der Waals surface area contributed by atoms with Gasteiger partial charge < -0.3 is 14.2 Å². The Kier molecular flexibility index (Phi) is 6.70. The Morgan fingerprint density at radius 1 is 1.20 bits per heavy atom. The number of hydrogen-bond donors (Lipinski definition) is 0. The second-order valence-corrected chi connectivity index (χ2v) is 13.6. The molecule has 1 saturated heterocycles. The summed E-state index contributed by atoms with van der Waals surface area (Å²) < 4.78 is 17.3. The van der Waals surface area contributed by atoms with Gasteiger partial charge in [-0.15, -0.1) is 0 Å². The summed E-state index contributed by atoms with van der Waals surface area (Å²) in [5.74, 6) is 0.609. The van der Waals surface area contributed by atoms with Gasteiger partial charge in [0.2, 0.25) is 0 Å². The van der Waals surface area contributed by atoms with E-state index in [-0.39, 0.29) is 11.9 Å². The lowest BCUT2D eigenvalue weighted by Crippen LogP contribution is -2.41. The predicted octanol–water partition coefficient (Wildman–Crippen LogP) is 4.30. The molecule has 0 N–H and O–H groups in total. The average Bonchev–Trinajstić information content (AvgIpc) is 2.36. The van der Waals surface area contributed by atoms with Gasteiger partial charge in [0.25, 0.3) is 0 Å². The molecule has 0 radical (unpaired) electrons. The van der Waals surface area contributed by atoms with Gasteiger partial charge >= 0.3 is 0 Å². The fourth-order valence-electron chi connectivity index (χ4n) is 2.32. The Morgan fingerprint density at radius 3 is 2.20 bits per heavy atom. The lowest BCUT2D eigenvalue weighted by Gasteiger charge is -2.36. The van der Waals surface area contributed by atoms with E-state index < -0.39 is 8.07 Å². The van der Waals surface area contributed by atoms with E-state index in [1.165, 1.54) is 0 Å². The zero-order valence-corrected chi connectivity index (χ0v) is 15.5. The summed E-state index contributed by atoms with van der Waals surface area (Å²) in [6.07, 6.45) is 3.23. The SMILES string of the molecule is COC(C)(C)CCC(C)CC1OCC([Si](C)(C)C)CO1. The molecule has 4 heteroatoms. The van der Waals surface area contributed by atoms with Crippen LogP contribution in [0.5, 0.6) is 0 Å². The summed E-state index contributed by atoms with van der Waals surface area (Å²) in [4.78, 5) is 0. The van der Waals surface area contributed by atoms with Gasteiger partial charge in [-0.3, -0.25) is 0 Å². The van der Waals surface area contributed by atoms with Crippen molar-refractivity contribution in [1.29, 1.82) is 0 Å². The molecular weight excluding hydrogens is 268 g/mol. The number of hydrogen-bond acceptors (Lipinski definition) is 3. The molecule has 1 unspecified atom stereocenters. The van der Waals surface area contributed by atoms with E-state index in [2.05, 4.69) is 40.4 Å². The van der Waals surface area contributed by atoms with Gasteiger partial charge in [0.05, 0.1) is 26.9 Å². The van der Waals surface area contributed by atoms with Crippen molar-refractivity contribution < 1.29 is 14.2 Å². The second kappa shape index (κ2) is 7.39. The zero-order chi connectivity index (χ0) is 15.4. The van der Waals surface area contributed by atoms with E-state index in [4.69, 9.17) is 14.2 Å². The van der Waals surface area contributed by atoms with E-state index in [0.717, 1.165) is 32.5 Å². The molecule has 1 heterocycles. The van der Waals surface area contributed by atoms with Crippen LogP contribution in [-0.2, 0) is 14.2 Å². The number of methoxy groups -OCH3 is 1. The predicted molar refractivity (Wildman–Crippen MR) is 86.9 cm³/mol. The van der Waals surface area contributed by atoms with Crippen molar-refractivity contribution in [2.75, 3.05) is 20.3 Å². The van der Waals surface area contributed by atoms with Gasteiger partial charge in [0.1, 0.15) is 0 Å². The van der Waals surface area contributed by atoms with Crippen LogP contribution in [0.15, 0.2) is 0 Å². The Bertz CT molecular complexity index is 278. The van der Waals surface area contributed by atoms with Gasteiger partial charge in [-0.2, -0.15) is 0 Å². The van der Waals surface area contributed by atoms with Crippen molar-refractivity contribution in [2.45, 2.75) is 77.1 Å². The minimum Gasteiger partial charge on any atom is -0.379 e. The zero-order valence-electron chi connectivity index (χ0n) is 14.5. The standard InChI is InChI=1S/C16H34O3Si/c1-13(8-9-16(2,3)17-4)10-15-18-11-14(12-19-15)20(5,6)7/h13-15H,8-12H2,1-7H3. The van der Waals surface area contributed by atoms with E-state index >= 15 is 0 Å². The highest BCUT2D eigenvalue weighted by Crippen LogP contribution is 2.30. The molecule has 1 aliphatic heterocycles. The molecule has 3 nitrogen and oxygen atoms in total. The monoisotopic (exact) mass is 302 g/mol. The first-order chi connectivity index (χ1) is 9.14. The van der Waals surface area contributed by atoms with Gasteiger partial charge in [-0.25, -0.2) is 0 Å². The van der Waals surface area contributed by atoms with Crippen LogP contribution in [0.3, 0.4) is 0 Å². The number of ether oxygens (including phenoxy) is 3. The maximum atomic E-state index is 5.93. The molecule has 120 valence electrons. The fourth-order valence-corrected chi connectivity index (χ4v) is 3.51. The van der Waals surface area contributed by atoms with Crippen LogP contribution in [0.1, 0.15) is 40.0 Å². The number of rotatable bonds is 7. The molecule has 0 aromatic heterocycles. The molecule has 1 aliphatic rings. The minimum absolute atomic E-state index is 0.00302. The third kappa shape index (κ3) is 6.25. The van der Waals surface area contributed by atoms with E-state index in [0.29, 0.717) is 11.5 Å². The fraction of sp³-hybridized carbons (Fsp3) is 1.00. The lowest BCUT2D eigenvalue weighted by molar-refractivity contribution is -0.186. The molecule has 0 saturated carbocycles. The summed E-state index contributed by atoms with van der Waals surface area (Å²) in [5, 5.41) is 0. The summed E-state index contributed by atoms with van der Waals surface area (Å²) >= 11 is 0. The van der Waals surface area contributed by atoms with Gasteiger partial charge in [0, 0.05) is 19.1 Å². The third-order valence-electron chi connectivity index (χ3n) is 4.58. The Morgan fingerprint density at radius 2 is 1.75 bits per heavy atom. The molecule has 1 atom stereocenters. The normalized spacial score (nSPS) is 26.6. The molecule has 0 spiro atoms. The van der Waals surface area contributed by atoms with Crippen LogP contribution >= 0.6 is 0 Å². The highest BCUT2D eigenvalue weighted by atomic mass is 28.3. The first-order valence-electron chi connectivity index (χ1n) is 7.92. The summed E-state index contributed by atoms with van der Waals surface area (Å²) in [5.41, 5.74) is 0.618. The van der Waals surface area contributed by atoms with Crippen LogP contribution < -0.4 is 0 Å². The highest BCUT2D eigenvalue weighted by molar-refractivity contribution is 6.77. The quantitative estimate of drug-likeness (QED) is 0.656. The van der Waals surface area contributed by atoms with Crippen LogP contribution in [0.25, 0.3) is 0 Å². The highest BCUT2D eigenvalue weighted by Gasteiger charge is 2.32. The van der Waals surface area contributed by atoms with E-state index in [1.54, 1.807) is 7.11 Å². The molecule has 0 bridgehead atoms. The van der Waals surface area contributed by atoms with Crippen molar-refractivity contribution in [3.05, 3.63) is 0 Å². The Labute approximate surface area is 126 Å². The minimum atomic E-state index is -1.14. The molecular formula is C16H34O3Si. The van der Waals surface area contributed by atoms with Crippen molar-refractivity contribution >= 4 is 8.07 Å². The molecule has 0 aromatic carbocycles. The van der Waals surface area contributed by atoms with Gasteiger partial charge in [-0.1, -0.05) is 26.6 Å². The molecule has 0 aliphatic carbocycles. The average molecular weight is 303 g/mol. The van der Waals surface area contributed by atoms with Crippen LogP contribution in [-0.4, -0.2) is 40.3 Å². The van der Waals surface area contributed by atoms with Crippen LogP contribution in [0, 0.1) is 5.92 Å². The largest absolute Gasteiger partial charge is 0.379 e. The molecule has 0 amide bonds. The van der Waals surface area contributed by atoms with Crippen LogP contribution in [0.4, 0.5) is 0 Å². The lowest BCUT2D eigenvalue weighted by atomic mass is 9.94. The summed E-state index contributed by atoms with van der Waals surface area (Å²) in [6.45, 7) is 15.5. The first-order valence-corrected chi connectivity index (χ1v) is 11.5. The molecule has 1 rings (SSSR count). The Hall–Kier alpha value is 0.0969. The molecule has 1 fully saturated rings. The first kappa shape index (κ1) is 18.1. The van der Waals surface area contributed by atoms with Crippen molar-refractivity contribution in [2.24, 2.45) is 5.92 Å². The van der Waals surface area contributed by atoms with Crippen LogP contribution in [0.2, 0.25) is 25.2 Å². The smallest absolute Gasteiger partial charge is 0.157 e.